The number of nitrogens with two attached hydrogens (primary N) is 2. The Hall–Kier alpha value is -3.00. The van der Waals surface area contributed by atoms with Crippen molar-refractivity contribution in [2.75, 3.05) is 13.1 Å². The lowest BCUT2D eigenvalue weighted by molar-refractivity contribution is -0.129. The van der Waals surface area contributed by atoms with Gasteiger partial charge >= 0.3 is 0 Å². The van der Waals surface area contributed by atoms with Gasteiger partial charge in [-0.1, -0.05) is 60.7 Å². The first-order chi connectivity index (χ1) is 16.6. The molecule has 1 aromatic heterocycles. The number of nitrogens with one attached hydrogen (secondary N) is 2. The Morgan fingerprint density at radius 2 is 1.47 bits per heavy atom. The SMILES string of the molecule is NCCCCc1ccc(CCNC(=O)[C@H](Cc2ccccc2)NC(=O)[C@H](N)c2ccccc2)s1. The van der Waals surface area contributed by atoms with E-state index in [1.165, 1.54) is 9.75 Å². The maximum atomic E-state index is 13.0. The molecule has 0 aliphatic heterocycles. The van der Waals surface area contributed by atoms with Crippen LogP contribution in [0.3, 0.4) is 0 Å². The van der Waals surface area contributed by atoms with Crippen molar-refractivity contribution in [3.05, 3.63) is 93.7 Å². The molecule has 2 amide bonds. The van der Waals surface area contributed by atoms with Crippen LogP contribution >= 0.6 is 11.3 Å². The molecule has 6 nitrogen and oxygen atoms in total. The second-order valence-electron chi connectivity index (χ2n) is 8.29. The van der Waals surface area contributed by atoms with Gasteiger partial charge in [0.05, 0.1) is 0 Å². The fraction of sp³-hybridized carbons (Fsp3) is 0.333. The van der Waals surface area contributed by atoms with Gasteiger partial charge in [0, 0.05) is 22.7 Å². The van der Waals surface area contributed by atoms with Crippen molar-refractivity contribution in [1.82, 2.24) is 10.6 Å². The zero-order valence-corrected chi connectivity index (χ0v) is 20.2. The lowest BCUT2D eigenvalue weighted by Crippen LogP contribution is -2.50. The van der Waals surface area contributed by atoms with Crippen molar-refractivity contribution >= 4 is 23.2 Å². The molecule has 0 saturated heterocycles. The average molecular weight is 479 g/mol. The van der Waals surface area contributed by atoms with Crippen LogP contribution in [0.25, 0.3) is 0 Å². The van der Waals surface area contributed by atoms with E-state index < -0.39 is 12.1 Å². The molecule has 0 bridgehead atoms. The second-order valence-corrected chi connectivity index (χ2v) is 9.55. The third-order valence-corrected chi connectivity index (χ3v) is 6.83. The number of thiophene rings is 1. The molecule has 0 radical (unpaired) electrons. The number of hydrogen-bond acceptors (Lipinski definition) is 5. The van der Waals surface area contributed by atoms with Gasteiger partial charge in [-0.25, -0.2) is 0 Å². The molecule has 180 valence electrons. The standard InChI is InChI=1S/C27H34N4O2S/c28-17-8-7-13-22-14-15-23(34-22)16-18-30-26(32)24(19-20-9-3-1-4-10-20)31-27(33)25(29)21-11-5-2-6-12-21/h1-6,9-12,14-15,24-25H,7-8,13,16-19,28-29H2,(H,30,32)(H,31,33)/t24-,25+/m0/s1. The lowest BCUT2D eigenvalue weighted by Gasteiger charge is -2.21. The minimum atomic E-state index is -0.837. The Kier molecular flexibility index (Phi) is 10.3. The summed E-state index contributed by atoms with van der Waals surface area (Å²) in [5.74, 6) is -0.583. The largest absolute Gasteiger partial charge is 0.354 e. The summed E-state index contributed by atoms with van der Waals surface area (Å²) in [6.07, 6.45) is 4.32. The number of rotatable bonds is 13. The highest BCUT2D eigenvalue weighted by atomic mass is 32.1. The molecule has 0 aliphatic carbocycles. The van der Waals surface area contributed by atoms with Crippen molar-refractivity contribution < 1.29 is 9.59 Å². The van der Waals surface area contributed by atoms with E-state index in [-0.39, 0.29) is 11.8 Å². The Balaban J connectivity index is 1.57. The van der Waals surface area contributed by atoms with E-state index in [1.54, 1.807) is 11.3 Å². The Labute approximate surface area is 205 Å². The molecule has 0 saturated carbocycles. The molecule has 34 heavy (non-hydrogen) atoms. The third kappa shape index (κ3) is 8.09. The maximum absolute atomic E-state index is 13.0. The molecule has 2 atom stereocenters. The predicted molar refractivity (Wildman–Crippen MR) is 138 cm³/mol. The average Bonchev–Trinajstić information content (AvgIpc) is 3.32. The highest BCUT2D eigenvalue weighted by molar-refractivity contribution is 7.12. The van der Waals surface area contributed by atoms with E-state index in [4.69, 9.17) is 11.5 Å². The van der Waals surface area contributed by atoms with E-state index in [2.05, 4.69) is 22.8 Å². The Morgan fingerprint density at radius 1 is 0.824 bits per heavy atom. The minimum absolute atomic E-state index is 0.211. The molecule has 1 heterocycles. The van der Waals surface area contributed by atoms with Crippen LogP contribution in [0.2, 0.25) is 0 Å². The molecule has 0 aliphatic rings. The first kappa shape index (κ1) is 25.6. The van der Waals surface area contributed by atoms with Gasteiger partial charge in [-0.2, -0.15) is 0 Å². The molecule has 0 spiro atoms. The first-order valence-electron chi connectivity index (χ1n) is 11.8. The van der Waals surface area contributed by atoms with E-state index in [9.17, 15) is 9.59 Å². The summed E-state index contributed by atoms with van der Waals surface area (Å²) in [5, 5.41) is 5.85. The maximum Gasteiger partial charge on any atom is 0.242 e. The van der Waals surface area contributed by atoms with Gasteiger partial charge in [0.15, 0.2) is 0 Å². The van der Waals surface area contributed by atoms with Crippen LogP contribution in [0.5, 0.6) is 0 Å². The molecule has 6 N–H and O–H groups in total. The summed E-state index contributed by atoms with van der Waals surface area (Å²) < 4.78 is 0. The van der Waals surface area contributed by atoms with E-state index in [0.717, 1.165) is 37.8 Å². The number of carbonyl (C=O) groups excluding carboxylic acids is 2. The zero-order valence-electron chi connectivity index (χ0n) is 19.4. The van der Waals surface area contributed by atoms with Gasteiger partial charge in [0.1, 0.15) is 12.1 Å². The summed E-state index contributed by atoms with van der Waals surface area (Å²) in [6.45, 7) is 1.23. The summed E-state index contributed by atoms with van der Waals surface area (Å²) >= 11 is 1.78. The molecule has 0 fully saturated rings. The van der Waals surface area contributed by atoms with Gasteiger partial charge in [-0.3, -0.25) is 9.59 Å². The van der Waals surface area contributed by atoms with Crippen LogP contribution in [-0.4, -0.2) is 30.9 Å². The second kappa shape index (κ2) is 13.6. The van der Waals surface area contributed by atoms with Crippen molar-refractivity contribution in [2.24, 2.45) is 11.5 Å². The van der Waals surface area contributed by atoms with Gasteiger partial charge in [0.25, 0.3) is 0 Å². The van der Waals surface area contributed by atoms with Crippen LogP contribution in [0.4, 0.5) is 0 Å². The van der Waals surface area contributed by atoms with Crippen molar-refractivity contribution in [3.8, 4) is 0 Å². The van der Waals surface area contributed by atoms with Gasteiger partial charge in [0.2, 0.25) is 11.8 Å². The summed E-state index contributed by atoms with van der Waals surface area (Å²) in [6, 6.07) is 21.6. The third-order valence-electron chi connectivity index (χ3n) is 5.62. The molecule has 0 unspecified atom stereocenters. The monoisotopic (exact) mass is 478 g/mol. The number of carbonyl (C=O) groups is 2. The fourth-order valence-electron chi connectivity index (χ4n) is 3.70. The van der Waals surface area contributed by atoms with Crippen LogP contribution < -0.4 is 22.1 Å². The van der Waals surface area contributed by atoms with E-state index in [1.807, 2.05) is 60.7 Å². The first-order valence-corrected chi connectivity index (χ1v) is 12.6. The zero-order chi connectivity index (χ0) is 24.2. The number of unbranched alkanes of at least 4 members (excludes halogenated alkanes) is 1. The van der Waals surface area contributed by atoms with E-state index in [0.29, 0.717) is 18.5 Å². The fourth-order valence-corrected chi connectivity index (χ4v) is 4.76. The highest BCUT2D eigenvalue weighted by Crippen LogP contribution is 2.19. The molecule has 3 aromatic rings. The van der Waals surface area contributed by atoms with Crippen LogP contribution in [0.1, 0.15) is 39.8 Å². The normalized spacial score (nSPS) is 12.6. The van der Waals surface area contributed by atoms with E-state index >= 15 is 0 Å². The van der Waals surface area contributed by atoms with Crippen molar-refractivity contribution in [3.63, 3.8) is 0 Å². The smallest absolute Gasteiger partial charge is 0.242 e. The minimum Gasteiger partial charge on any atom is -0.354 e. The summed E-state index contributed by atoms with van der Waals surface area (Å²) in [4.78, 5) is 28.4. The van der Waals surface area contributed by atoms with Crippen molar-refractivity contribution in [2.45, 2.75) is 44.2 Å². The van der Waals surface area contributed by atoms with Gasteiger partial charge in [-0.05, 0) is 55.5 Å². The molecular formula is C27H34N4O2S. The Morgan fingerprint density at radius 3 is 2.15 bits per heavy atom. The number of aryl methyl sites for hydroxylation is 1. The topological polar surface area (TPSA) is 110 Å². The van der Waals surface area contributed by atoms with Crippen LogP contribution in [0.15, 0.2) is 72.8 Å². The van der Waals surface area contributed by atoms with Gasteiger partial charge in [-0.15, -0.1) is 11.3 Å². The molecule has 3 rings (SSSR count). The number of amides is 2. The molecule has 7 heteroatoms. The van der Waals surface area contributed by atoms with Crippen LogP contribution in [-0.2, 0) is 28.9 Å². The summed E-state index contributed by atoms with van der Waals surface area (Å²) in [7, 11) is 0. The summed E-state index contributed by atoms with van der Waals surface area (Å²) in [5.41, 5.74) is 13.4. The Bertz CT molecular complexity index is 1020. The number of hydrogen-bond donors (Lipinski definition) is 4. The van der Waals surface area contributed by atoms with Gasteiger partial charge < -0.3 is 22.1 Å². The highest BCUT2D eigenvalue weighted by Gasteiger charge is 2.24. The quantitative estimate of drug-likeness (QED) is 0.283. The number of benzene rings is 2. The molecular weight excluding hydrogens is 444 g/mol. The van der Waals surface area contributed by atoms with Crippen LogP contribution in [0, 0.1) is 0 Å². The predicted octanol–water partition coefficient (Wildman–Crippen LogP) is 3.12. The molecule has 2 aromatic carbocycles. The van der Waals surface area contributed by atoms with Crippen molar-refractivity contribution in [1.29, 1.82) is 0 Å². The lowest BCUT2D eigenvalue weighted by atomic mass is 10.0.